The molecule has 0 radical (unpaired) electrons. The van der Waals surface area contributed by atoms with Crippen molar-refractivity contribution in [2.45, 2.75) is 6.42 Å². The molecule has 1 aromatic carbocycles. The molecule has 1 rings (SSSR count). The standard InChI is InChI=1S/C11H14O2/c1-2-9-13-11-5-3-10(4-6-11)7-8-12/h2-6,12H,1,7-9H2. The van der Waals surface area contributed by atoms with Crippen LogP contribution in [0.2, 0.25) is 0 Å². The van der Waals surface area contributed by atoms with Crippen LogP contribution in [-0.2, 0) is 6.42 Å². The Morgan fingerprint density at radius 3 is 2.54 bits per heavy atom. The van der Waals surface area contributed by atoms with Crippen LogP contribution in [0.25, 0.3) is 0 Å². The number of aliphatic hydroxyl groups is 1. The quantitative estimate of drug-likeness (QED) is 0.696. The molecule has 0 aliphatic rings. The zero-order valence-corrected chi connectivity index (χ0v) is 7.57. The van der Waals surface area contributed by atoms with Crippen LogP contribution in [0.1, 0.15) is 5.56 Å². The molecule has 1 N–H and O–H groups in total. The van der Waals surface area contributed by atoms with Gasteiger partial charge in [-0.15, -0.1) is 0 Å². The third kappa shape index (κ3) is 3.30. The van der Waals surface area contributed by atoms with Crippen LogP contribution >= 0.6 is 0 Å². The van der Waals surface area contributed by atoms with E-state index in [0.717, 1.165) is 11.3 Å². The smallest absolute Gasteiger partial charge is 0.119 e. The lowest BCUT2D eigenvalue weighted by atomic mass is 10.1. The first-order valence-corrected chi connectivity index (χ1v) is 4.30. The van der Waals surface area contributed by atoms with E-state index in [1.807, 2.05) is 24.3 Å². The molecule has 0 unspecified atom stereocenters. The van der Waals surface area contributed by atoms with Crippen LogP contribution in [0.15, 0.2) is 36.9 Å². The lowest BCUT2D eigenvalue weighted by Crippen LogP contribution is -1.94. The minimum atomic E-state index is 0.187. The molecule has 0 aliphatic heterocycles. The highest BCUT2D eigenvalue weighted by Gasteiger charge is 1.93. The third-order valence-corrected chi connectivity index (χ3v) is 1.69. The van der Waals surface area contributed by atoms with Gasteiger partial charge in [0.15, 0.2) is 0 Å². The average molecular weight is 178 g/mol. The summed E-state index contributed by atoms with van der Waals surface area (Å²) < 4.78 is 5.31. The molecule has 0 aromatic heterocycles. The number of ether oxygens (including phenoxy) is 1. The summed E-state index contributed by atoms with van der Waals surface area (Å²) in [6.07, 6.45) is 2.41. The molecule has 0 saturated heterocycles. The lowest BCUT2D eigenvalue weighted by molar-refractivity contribution is 0.299. The largest absolute Gasteiger partial charge is 0.490 e. The molecule has 0 amide bonds. The second-order valence-corrected chi connectivity index (χ2v) is 2.72. The van der Waals surface area contributed by atoms with Gasteiger partial charge in [0, 0.05) is 6.61 Å². The van der Waals surface area contributed by atoms with Crippen molar-refractivity contribution in [1.82, 2.24) is 0 Å². The Kier molecular flexibility index (Phi) is 4.06. The minimum Gasteiger partial charge on any atom is -0.490 e. The fourth-order valence-electron chi connectivity index (χ4n) is 1.04. The summed E-state index contributed by atoms with van der Waals surface area (Å²) in [4.78, 5) is 0. The Hall–Kier alpha value is -1.28. The monoisotopic (exact) mass is 178 g/mol. The SMILES string of the molecule is C=CCOc1ccc(CCO)cc1. The van der Waals surface area contributed by atoms with Crippen molar-refractivity contribution in [3.8, 4) is 5.75 Å². The number of aliphatic hydroxyl groups excluding tert-OH is 1. The Morgan fingerprint density at radius 2 is 2.00 bits per heavy atom. The van der Waals surface area contributed by atoms with Crippen molar-refractivity contribution in [1.29, 1.82) is 0 Å². The van der Waals surface area contributed by atoms with Crippen LogP contribution < -0.4 is 4.74 Å². The van der Waals surface area contributed by atoms with E-state index in [9.17, 15) is 0 Å². The van der Waals surface area contributed by atoms with Gasteiger partial charge in [-0.3, -0.25) is 0 Å². The van der Waals surface area contributed by atoms with Gasteiger partial charge in [0.2, 0.25) is 0 Å². The highest BCUT2D eigenvalue weighted by Crippen LogP contribution is 2.12. The van der Waals surface area contributed by atoms with E-state index in [-0.39, 0.29) is 6.61 Å². The summed E-state index contributed by atoms with van der Waals surface area (Å²) in [7, 11) is 0. The maximum atomic E-state index is 8.69. The van der Waals surface area contributed by atoms with Crippen molar-refractivity contribution in [3.05, 3.63) is 42.5 Å². The topological polar surface area (TPSA) is 29.5 Å². The van der Waals surface area contributed by atoms with Gasteiger partial charge in [-0.25, -0.2) is 0 Å². The molecule has 0 heterocycles. The first kappa shape index (κ1) is 9.81. The zero-order chi connectivity index (χ0) is 9.52. The maximum Gasteiger partial charge on any atom is 0.119 e. The summed E-state index contributed by atoms with van der Waals surface area (Å²) in [5, 5.41) is 8.69. The van der Waals surface area contributed by atoms with Gasteiger partial charge in [0.1, 0.15) is 12.4 Å². The van der Waals surface area contributed by atoms with E-state index in [0.29, 0.717) is 13.0 Å². The van der Waals surface area contributed by atoms with Gasteiger partial charge in [0.25, 0.3) is 0 Å². The van der Waals surface area contributed by atoms with E-state index in [1.54, 1.807) is 6.08 Å². The van der Waals surface area contributed by atoms with Crippen LogP contribution in [0, 0.1) is 0 Å². The van der Waals surface area contributed by atoms with E-state index in [4.69, 9.17) is 9.84 Å². The summed E-state index contributed by atoms with van der Waals surface area (Å²) in [5.41, 5.74) is 1.12. The summed E-state index contributed by atoms with van der Waals surface area (Å²) in [6.45, 7) is 4.28. The van der Waals surface area contributed by atoms with Crippen molar-refractivity contribution >= 4 is 0 Å². The Balaban J connectivity index is 2.53. The van der Waals surface area contributed by atoms with Crippen molar-refractivity contribution in [3.63, 3.8) is 0 Å². The molecule has 0 bridgehead atoms. The maximum absolute atomic E-state index is 8.69. The third-order valence-electron chi connectivity index (χ3n) is 1.69. The Bertz CT molecular complexity index is 251. The molecule has 0 saturated carbocycles. The fourth-order valence-corrected chi connectivity index (χ4v) is 1.04. The summed E-state index contributed by atoms with van der Waals surface area (Å²) >= 11 is 0. The lowest BCUT2D eigenvalue weighted by Gasteiger charge is -2.03. The molecular formula is C11H14O2. The van der Waals surface area contributed by atoms with Crippen LogP contribution in [-0.4, -0.2) is 18.3 Å². The molecule has 13 heavy (non-hydrogen) atoms. The number of benzene rings is 1. The number of hydrogen-bond acceptors (Lipinski definition) is 2. The predicted molar refractivity (Wildman–Crippen MR) is 52.9 cm³/mol. The van der Waals surface area contributed by atoms with Crippen molar-refractivity contribution < 1.29 is 9.84 Å². The van der Waals surface area contributed by atoms with Crippen molar-refractivity contribution in [2.24, 2.45) is 0 Å². The first-order chi connectivity index (χ1) is 6.36. The van der Waals surface area contributed by atoms with Gasteiger partial charge in [-0.05, 0) is 24.1 Å². The molecule has 0 aliphatic carbocycles. The number of hydrogen-bond donors (Lipinski definition) is 1. The van der Waals surface area contributed by atoms with Crippen molar-refractivity contribution in [2.75, 3.05) is 13.2 Å². The normalized spacial score (nSPS) is 9.62. The molecule has 2 nitrogen and oxygen atoms in total. The van der Waals surface area contributed by atoms with E-state index < -0.39 is 0 Å². The molecule has 2 heteroatoms. The van der Waals surface area contributed by atoms with Gasteiger partial charge in [0.05, 0.1) is 0 Å². The first-order valence-electron chi connectivity index (χ1n) is 4.30. The van der Waals surface area contributed by atoms with E-state index in [2.05, 4.69) is 6.58 Å². The van der Waals surface area contributed by atoms with Gasteiger partial charge >= 0.3 is 0 Å². The highest BCUT2D eigenvalue weighted by molar-refractivity contribution is 5.27. The van der Waals surface area contributed by atoms with Crippen LogP contribution in [0.4, 0.5) is 0 Å². The Morgan fingerprint density at radius 1 is 1.31 bits per heavy atom. The molecular weight excluding hydrogens is 164 g/mol. The molecule has 0 atom stereocenters. The molecule has 0 fully saturated rings. The fraction of sp³-hybridized carbons (Fsp3) is 0.273. The van der Waals surface area contributed by atoms with Gasteiger partial charge in [-0.2, -0.15) is 0 Å². The summed E-state index contributed by atoms with van der Waals surface area (Å²) in [6, 6.07) is 7.70. The van der Waals surface area contributed by atoms with Crippen LogP contribution in [0.5, 0.6) is 5.75 Å². The molecule has 0 spiro atoms. The summed E-state index contributed by atoms with van der Waals surface area (Å²) in [5.74, 6) is 0.835. The van der Waals surface area contributed by atoms with Gasteiger partial charge < -0.3 is 9.84 Å². The predicted octanol–water partition coefficient (Wildman–Crippen LogP) is 1.79. The number of rotatable bonds is 5. The Labute approximate surface area is 78.5 Å². The zero-order valence-electron chi connectivity index (χ0n) is 7.57. The van der Waals surface area contributed by atoms with E-state index >= 15 is 0 Å². The van der Waals surface area contributed by atoms with Gasteiger partial charge in [-0.1, -0.05) is 24.8 Å². The molecule has 70 valence electrons. The minimum absolute atomic E-state index is 0.187. The second-order valence-electron chi connectivity index (χ2n) is 2.72. The highest BCUT2D eigenvalue weighted by atomic mass is 16.5. The second kappa shape index (κ2) is 5.38. The van der Waals surface area contributed by atoms with E-state index in [1.165, 1.54) is 0 Å². The molecule has 1 aromatic rings. The average Bonchev–Trinajstić information content (AvgIpc) is 2.17. The van der Waals surface area contributed by atoms with Crippen LogP contribution in [0.3, 0.4) is 0 Å².